The quantitative estimate of drug-likeness (QED) is 0.723. The second kappa shape index (κ2) is 8.90. The molecule has 2 aliphatic heterocycles. The first kappa shape index (κ1) is 22.3. The fraction of sp³-hybridized carbons (Fsp3) is 0.783. The van der Waals surface area contributed by atoms with Crippen molar-refractivity contribution in [3.05, 3.63) is 17.5 Å². The van der Waals surface area contributed by atoms with Gasteiger partial charge in [0.25, 0.3) is 5.91 Å². The molecular formula is C23H38N6O2. The zero-order valence-electron chi connectivity index (χ0n) is 19.6. The van der Waals surface area contributed by atoms with Crippen molar-refractivity contribution in [2.24, 2.45) is 0 Å². The molecule has 2 saturated heterocycles. The first-order valence-electron chi connectivity index (χ1n) is 11.8. The first-order valence-corrected chi connectivity index (χ1v) is 11.8. The van der Waals surface area contributed by atoms with E-state index in [9.17, 15) is 9.59 Å². The van der Waals surface area contributed by atoms with Crippen molar-refractivity contribution in [1.29, 1.82) is 0 Å². The lowest BCUT2D eigenvalue weighted by atomic mass is 9.91. The van der Waals surface area contributed by atoms with Crippen molar-refractivity contribution in [1.82, 2.24) is 29.4 Å². The van der Waals surface area contributed by atoms with Gasteiger partial charge in [-0.3, -0.25) is 24.1 Å². The first-order chi connectivity index (χ1) is 14.7. The van der Waals surface area contributed by atoms with Crippen LogP contribution >= 0.6 is 0 Å². The third kappa shape index (κ3) is 4.95. The van der Waals surface area contributed by atoms with Gasteiger partial charge in [0.2, 0.25) is 5.91 Å². The minimum absolute atomic E-state index is 0.0358. The third-order valence-corrected chi connectivity index (χ3v) is 6.96. The Bertz CT molecular complexity index is 793. The zero-order valence-corrected chi connectivity index (χ0v) is 19.6. The second-order valence-corrected chi connectivity index (χ2v) is 10.3. The molecule has 0 spiro atoms. The molecule has 0 N–H and O–H groups in total. The van der Waals surface area contributed by atoms with Crippen LogP contribution in [0.1, 0.15) is 56.2 Å². The number of piperazine rings is 2. The molecule has 1 aromatic heterocycles. The summed E-state index contributed by atoms with van der Waals surface area (Å²) in [5.41, 5.74) is 1.27. The highest BCUT2D eigenvalue weighted by atomic mass is 16.2. The Labute approximate surface area is 186 Å². The van der Waals surface area contributed by atoms with Gasteiger partial charge in [0.05, 0.1) is 17.8 Å². The summed E-state index contributed by atoms with van der Waals surface area (Å²) in [6.45, 7) is 15.1. The van der Waals surface area contributed by atoms with Crippen LogP contribution < -0.4 is 0 Å². The lowest BCUT2D eigenvalue weighted by molar-refractivity contribution is -0.135. The topological polar surface area (TPSA) is 64.9 Å². The van der Waals surface area contributed by atoms with Gasteiger partial charge in [0.15, 0.2) is 0 Å². The van der Waals surface area contributed by atoms with E-state index in [4.69, 9.17) is 0 Å². The maximum atomic E-state index is 13.1. The van der Waals surface area contributed by atoms with E-state index in [1.54, 1.807) is 0 Å². The Morgan fingerprint density at radius 1 is 0.968 bits per heavy atom. The minimum atomic E-state index is -0.240. The molecule has 8 heteroatoms. The molecule has 3 aliphatic rings. The van der Waals surface area contributed by atoms with E-state index in [1.165, 1.54) is 19.3 Å². The van der Waals surface area contributed by atoms with Crippen LogP contribution in [0.3, 0.4) is 0 Å². The summed E-state index contributed by atoms with van der Waals surface area (Å²) < 4.78 is 1.84. The van der Waals surface area contributed by atoms with Crippen LogP contribution in [0, 0.1) is 6.92 Å². The molecule has 31 heavy (non-hydrogen) atoms. The number of aromatic nitrogens is 2. The van der Waals surface area contributed by atoms with E-state index in [-0.39, 0.29) is 17.4 Å². The lowest BCUT2D eigenvalue weighted by Crippen LogP contribution is -2.56. The third-order valence-electron chi connectivity index (χ3n) is 6.96. The highest BCUT2D eigenvalue weighted by molar-refractivity contribution is 5.93. The molecule has 2 amide bonds. The predicted molar refractivity (Wildman–Crippen MR) is 120 cm³/mol. The second-order valence-electron chi connectivity index (χ2n) is 10.3. The summed E-state index contributed by atoms with van der Waals surface area (Å²) in [5.74, 6) is 0.267. The number of rotatable bonds is 4. The summed E-state index contributed by atoms with van der Waals surface area (Å²) in [7, 11) is 0. The largest absolute Gasteiger partial charge is 0.339 e. The molecule has 3 heterocycles. The Hall–Kier alpha value is -1.93. The average Bonchev–Trinajstić information content (AvgIpc) is 3.09. The highest BCUT2D eigenvalue weighted by Crippen LogP contribution is 2.25. The average molecular weight is 431 g/mol. The number of amides is 2. The van der Waals surface area contributed by atoms with Crippen molar-refractivity contribution >= 4 is 11.8 Å². The molecule has 8 nitrogen and oxygen atoms in total. The van der Waals surface area contributed by atoms with Crippen LogP contribution in [0.15, 0.2) is 6.07 Å². The molecular weight excluding hydrogens is 392 g/mol. The molecule has 0 radical (unpaired) electrons. The molecule has 0 bridgehead atoms. The number of carbonyl (C=O) groups excluding carboxylic acids is 2. The zero-order chi connectivity index (χ0) is 22.2. The molecule has 4 rings (SSSR count). The maximum Gasteiger partial charge on any atom is 0.272 e. The molecule has 0 unspecified atom stereocenters. The van der Waals surface area contributed by atoms with Crippen molar-refractivity contribution in [3.8, 4) is 0 Å². The van der Waals surface area contributed by atoms with Crippen LogP contribution in [0.5, 0.6) is 0 Å². The normalized spacial score (nSPS) is 21.9. The van der Waals surface area contributed by atoms with Gasteiger partial charge in [0, 0.05) is 58.4 Å². The maximum absolute atomic E-state index is 13.1. The Balaban J connectivity index is 1.25. The van der Waals surface area contributed by atoms with Gasteiger partial charge < -0.3 is 9.80 Å². The standard InChI is InChI=1S/C23H38N6O2/c1-18-16-20(29(24-18)23(2,3)4)22(31)28-10-8-25(9-11-28)17-21(30)27-14-12-26(13-15-27)19-6-5-7-19/h16,19H,5-15,17H2,1-4H3. The number of carbonyl (C=O) groups is 2. The van der Waals surface area contributed by atoms with Crippen LogP contribution in [0.2, 0.25) is 0 Å². The van der Waals surface area contributed by atoms with Gasteiger partial charge in [-0.2, -0.15) is 5.10 Å². The van der Waals surface area contributed by atoms with Gasteiger partial charge in [-0.25, -0.2) is 0 Å². The smallest absolute Gasteiger partial charge is 0.272 e. The molecule has 0 atom stereocenters. The van der Waals surface area contributed by atoms with E-state index < -0.39 is 0 Å². The van der Waals surface area contributed by atoms with Crippen LogP contribution in [0.4, 0.5) is 0 Å². The number of aryl methyl sites for hydroxylation is 1. The van der Waals surface area contributed by atoms with E-state index in [0.29, 0.717) is 25.3 Å². The van der Waals surface area contributed by atoms with E-state index in [1.807, 2.05) is 27.5 Å². The van der Waals surface area contributed by atoms with Crippen molar-refractivity contribution in [3.63, 3.8) is 0 Å². The van der Waals surface area contributed by atoms with Crippen molar-refractivity contribution < 1.29 is 9.59 Å². The Kier molecular flexibility index (Phi) is 6.40. The molecule has 1 aromatic rings. The summed E-state index contributed by atoms with van der Waals surface area (Å²) in [4.78, 5) is 34.6. The predicted octanol–water partition coefficient (Wildman–Crippen LogP) is 1.40. The monoisotopic (exact) mass is 430 g/mol. The fourth-order valence-corrected chi connectivity index (χ4v) is 4.81. The van der Waals surface area contributed by atoms with Crippen LogP contribution in [-0.4, -0.2) is 106 Å². The summed E-state index contributed by atoms with van der Waals surface area (Å²) >= 11 is 0. The van der Waals surface area contributed by atoms with Gasteiger partial charge in [0.1, 0.15) is 5.69 Å². The van der Waals surface area contributed by atoms with E-state index in [2.05, 4.69) is 35.7 Å². The van der Waals surface area contributed by atoms with E-state index in [0.717, 1.165) is 51.0 Å². The number of hydrogen-bond acceptors (Lipinski definition) is 5. The fourth-order valence-electron chi connectivity index (χ4n) is 4.81. The van der Waals surface area contributed by atoms with Gasteiger partial charge >= 0.3 is 0 Å². The summed E-state index contributed by atoms with van der Waals surface area (Å²) in [5, 5.41) is 4.53. The Morgan fingerprint density at radius 2 is 1.58 bits per heavy atom. The number of hydrogen-bond donors (Lipinski definition) is 0. The van der Waals surface area contributed by atoms with Crippen molar-refractivity contribution in [2.75, 3.05) is 58.9 Å². The highest BCUT2D eigenvalue weighted by Gasteiger charge is 2.31. The van der Waals surface area contributed by atoms with Crippen LogP contribution in [0.25, 0.3) is 0 Å². The van der Waals surface area contributed by atoms with Gasteiger partial charge in [-0.15, -0.1) is 0 Å². The minimum Gasteiger partial charge on any atom is -0.339 e. The van der Waals surface area contributed by atoms with Crippen LogP contribution in [-0.2, 0) is 10.3 Å². The molecule has 0 aromatic carbocycles. The Morgan fingerprint density at radius 3 is 2.13 bits per heavy atom. The molecule has 1 saturated carbocycles. The summed E-state index contributed by atoms with van der Waals surface area (Å²) in [6, 6.07) is 2.65. The molecule has 172 valence electrons. The SMILES string of the molecule is Cc1cc(C(=O)N2CCN(CC(=O)N3CCN(C4CCC4)CC3)CC2)n(C(C)(C)C)n1. The number of nitrogens with zero attached hydrogens (tertiary/aromatic N) is 6. The molecule has 1 aliphatic carbocycles. The van der Waals surface area contributed by atoms with E-state index >= 15 is 0 Å². The van der Waals surface area contributed by atoms with Gasteiger partial charge in [-0.1, -0.05) is 6.42 Å². The van der Waals surface area contributed by atoms with Crippen molar-refractivity contribution in [2.45, 2.75) is 58.5 Å². The lowest BCUT2D eigenvalue weighted by Gasteiger charge is -2.43. The van der Waals surface area contributed by atoms with Gasteiger partial charge in [-0.05, 0) is 46.6 Å². The molecule has 3 fully saturated rings. The summed E-state index contributed by atoms with van der Waals surface area (Å²) in [6.07, 6.45) is 4.01.